The van der Waals surface area contributed by atoms with Crippen LogP contribution in [0.4, 0.5) is 5.69 Å². The second kappa shape index (κ2) is 3.93. The van der Waals surface area contributed by atoms with Gasteiger partial charge in [0.15, 0.2) is 5.82 Å². The van der Waals surface area contributed by atoms with E-state index < -0.39 is 5.97 Å². The Bertz CT molecular complexity index is 552. The Morgan fingerprint density at radius 1 is 1.50 bits per heavy atom. The van der Waals surface area contributed by atoms with Crippen molar-refractivity contribution in [2.24, 2.45) is 0 Å². The summed E-state index contributed by atoms with van der Waals surface area (Å²) in [7, 11) is 0. The molecule has 0 unspecified atom stereocenters. The van der Waals surface area contributed by atoms with Crippen molar-refractivity contribution in [2.45, 2.75) is 0 Å². The smallest absolute Gasteiger partial charge is 0.337 e. The number of nitrogens with zero attached hydrogens (tertiary/aromatic N) is 3. The number of carbonyl (C=O) groups is 1. The van der Waals surface area contributed by atoms with E-state index in [2.05, 4.69) is 26.0 Å². The maximum atomic E-state index is 10.7. The first-order chi connectivity index (χ1) is 7.58. The van der Waals surface area contributed by atoms with Gasteiger partial charge < -0.3 is 10.8 Å². The number of aromatic carboxylic acids is 1. The van der Waals surface area contributed by atoms with E-state index in [4.69, 9.17) is 10.8 Å². The molecule has 0 spiro atoms. The van der Waals surface area contributed by atoms with E-state index in [1.54, 1.807) is 12.4 Å². The zero-order valence-corrected chi connectivity index (χ0v) is 9.55. The summed E-state index contributed by atoms with van der Waals surface area (Å²) in [5.41, 5.74) is 6.01. The molecule has 0 fully saturated rings. The average Bonchev–Trinajstić information content (AvgIpc) is 2.64. The lowest BCUT2D eigenvalue weighted by molar-refractivity contribution is 0.0696. The molecule has 0 saturated heterocycles. The molecule has 0 aliphatic carbocycles. The molecule has 6 nitrogen and oxygen atoms in total. The second-order valence-corrected chi connectivity index (χ2v) is 3.96. The third-order valence-corrected chi connectivity index (χ3v) is 2.32. The van der Waals surface area contributed by atoms with Crippen LogP contribution in [-0.4, -0.2) is 25.8 Å². The molecule has 2 aromatic heterocycles. The van der Waals surface area contributed by atoms with Crippen LogP contribution in [0.5, 0.6) is 0 Å². The predicted molar refractivity (Wildman–Crippen MR) is 60.4 cm³/mol. The molecule has 0 amide bonds. The Morgan fingerprint density at radius 2 is 2.25 bits per heavy atom. The fourth-order valence-corrected chi connectivity index (χ4v) is 1.49. The minimum Gasteiger partial charge on any atom is -0.478 e. The van der Waals surface area contributed by atoms with Crippen molar-refractivity contribution in [1.29, 1.82) is 0 Å². The van der Waals surface area contributed by atoms with Crippen LogP contribution in [-0.2, 0) is 0 Å². The minimum absolute atomic E-state index is 0.0486. The first-order valence-corrected chi connectivity index (χ1v) is 5.06. The number of nitrogens with two attached hydrogens (primary N) is 1. The molecule has 2 aromatic rings. The Hall–Kier alpha value is -1.89. The van der Waals surface area contributed by atoms with Gasteiger partial charge in [-0.2, -0.15) is 5.10 Å². The van der Waals surface area contributed by atoms with Gasteiger partial charge in [0.2, 0.25) is 0 Å². The zero-order valence-electron chi connectivity index (χ0n) is 7.96. The first-order valence-electron chi connectivity index (χ1n) is 4.27. The lowest BCUT2D eigenvalue weighted by Crippen LogP contribution is -2.06. The van der Waals surface area contributed by atoms with Gasteiger partial charge in [0.1, 0.15) is 0 Å². The van der Waals surface area contributed by atoms with E-state index in [9.17, 15) is 4.79 Å². The summed E-state index contributed by atoms with van der Waals surface area (Å²) in [5.74, 6) is -0.664. The summed E-state index contributed by atoms with van der Waals surface area (Å²) in [5, 5.41) is 12.8. The van der Waals surface area contributed by atoms with Gasteiger partial charge in [-0.3, -0.25) is 0 Å². The maximum absolute atomic E-state index is 10.7. The van der Waals surface area contributed by atoms with Crippen molar-refractivity contribution in [3.05, 3.63) is 34.7 Å². The van der Waals surface area contributed by atoms with Gasteiger partial charge in [-0.25, -0.2) is 14.5 Å². The molecule has 16 heavy (non-hydrogen) atoms. The molecule has 0 radical (unpaired) electrons. The molecule has 2 heterocycles. The summed E-state index contributed by atoms with van der Waals surface area (Å²) < 4.78 is 2.25. The number of anilines is 1. The van der Waals surface area contributed by atoms with E-state index >= 15 is 0 Å². The van der Waals surface area contributed by atoms with Gasteiger partial charge in [0.05, 0.1) is 21.9 Å². The maximum Gasteiger partial charge on any atom is 0.337 e. The van der Waals surface area contributed by atoms with Crippen molar-refractivity contribution >= 4 is 27.6 Å². The van der Waals surface area contributed by atoms with E-state index in [0.29, 0.717) is 5.82 Å². The Labute approximate surface area is 98.8 Å². The molecular weight excluding hydrogens is 276 g/mol. The van der Waals surface area contributed by atoms with E-state index in [1.165, 1.54) is 16.9 Å². The minimum atomic E-state index is -1.06. The van der Waals surface area contributed by atoms with Crippen LogP contribution >= 0.6 is 15.9 Å². The highest BCUT2D eigenvalue weighted by molar-refractivity contribution is 9.10. The van der Waals surface area contributed by atoms with Gasteiger partial charge in [-0.05, 0) is 22.0 Å². The SMILES string of the molecule is Nc1cc(C(=O)O)cnc1-n1cc(Br)cn1. The van der Waals surface area contributed by atoms with E-state index in [0.717, 1.165) is 4.47 Å². The number of hydrogen-bond acceptors (Lipinski definition) is 4. The number of halogens is 1. The molecule has 2 rings (SSSR count). The summed E-state index contributed by atoms with van der Waals surface area (Å²) >= 11 is 3.25. The average molecular weight is 283 g/mol. The molecule has 3 N–H and O–H groups in total. The largest absolute Gasteiger partial charge is 0.478 e. The fourth-order valence-electron chi connectivity index (χ4n) is 1.20. The summed E-state index contributed by atoms with van der Waals surface area (Å²) in [6, 6.07) is 1.35. The fraction of sp³-hybridized carbons (Fsp3) is 0. The topological polar surface area (TPSA) is 94.0 Å². The third kappa shape index (κ3) is 1.89. The molecule has 82 valence electrons. The third-order valence-electron chi connectivity index (χ3n) is 1.91. The molecule has 0 atom stereocenters. The van der Waals surface area contributed by atoms with Crippen LogP contribution in [0.15, 0.2) is 29.1 Å². The molecule has 0 bridgehead atoms. The van der Waals surface area contributed by atoms with Crippen LogP contribution < -0.4 is 5.73 Å². The summed E-state index contributed by atoms with van der Waals surface area (Å²) in [6.07, 6.45) is 4.51. The summed E-state index contributed by atoms with van der Waals surface area (Å²) in [4.78, 5) is 14.6. The highest BCUT2D eigenvalue weighted by atomic mass is 79.9. The van der Waals surface area contributed by atoms with Crippen molar-refractivity contribution in [3.8, 4) is 5.82 Å². The van der Waals surface area contributed by atoms with Crippen molar-refractivity contribution in [2.75, 3.05) is 5.73 Å². The number of rotatable bonds is 2. The van der Waals surface area contributed by atoms with Crippen LogP contribution in [0.25, 0.3) is 5.82 Å². The zero-order chi connectivity index (χ0) is 11.7. The first kappa shape index (κ1) is 10.6. The molecule has 0 aliphatic heterocycles. The van der Waals surface area contributed by atoms with Crippen molar-refractivity contribution in [1.82, 2.24) is 14.8 Å². The molecular formula is C9H7BrN4O2. The number of nitrogen functional groups attached to an aromatic ring is 1. The number of carboxylic acids is 1. The second-order valence-electron chi connectivity index (χ2n) is 3.05. The highest BCUT2D eigenvalue weighted by Gasteiger charge is 2.09. The lowest BCUT2D eigenvalue weighted by atomic mass is 10.2. The van der Waals surface area contributed by atoms with Gasteiger partial charge in [0, 0.05) is 12.4 Å². The molecule has 0 saturated carbocycles. The van der Waals surface area contributed by atoms with Gasteiger partial charge in [0.25, 0.3) is 0 Å². The highest BCUT2D eigenvalue weighted by Crippen LogP contribution is 2.17. The summed E-state index contributed by atoms with van der Waals surface area (Å²) in [6.45, 7) is 0. The van der Waals surface area contributed by atoms with Gasteiger partial charge >= 0.3 is 5.97 Å². The van der Waals surface area contributed by atoms with E-state index in [-0.39, 0.29) is 11.3 Å². The van der Waals surface area contributed by atoms with Crippen LogP contribution in [0.3, 0.4) is 0 Å². The molecule has 0 aromatic carbocycles. The Morgan fingerprint density at radius 3 is 2.75 bits per heavy atom. The number of aromatic nitrogens is 3. The lowest BCUT2D eigenvalue weighted by Gasteiger charge is -2.04. The number of carboxylic acid groups (broad SMARTS) is 1. The monoisotopic (exact) mass is 282 g/mol. The quantitative estimate of drug-likeness (QED) is 0.866. The Balaban J connectivity index is 2.47. The standard InChI is InChI=1S/C9H7BrN4O2/c10-6-3-13-14(4-6)8-7(11)1-5(2-12-8)9(15)16/h1-4H,11H2,(H,15,16). The van der Waals surface area contributed by atoms with Crippen LogP contribution in [0, 0.1) is 0 Å². The van der Waals surface area contributed by atoms with Crippen molar-refractivity contribution in [3.63, 3.8) is 0 Å². The van der Waals surface area contributed by atoms with Crippen LogP contribution in [0.1, 0.15) is 10.4 Å². The predicted octanol–water partition coefficient (Wildman–Crippen LogP) is 1.31. The molecule has 7 heteroatoms. The van der Waals surface area contributed by atoms with Crippen LogP contribution in [0.2, 0.25) is 0 Å². The Kier molecular flexibility index (Phi) is 2.61. The number of pyridine rings is 1. The van der Waals surface area contributed by atoms with Gasteiger partial charge in [-0.15, -0.1) is 0 Å². The van der Waals surface area contributed by atoms with Crippen molar-refractivity contribution < 1.29 is 9.90 Å². The van der Waals surface area contributed by atoms with Gasteiger partial charge in [-0.1, -0.05) is 0 Å². The van der Waals surface area contributed by atoms with E-state index in [1.807, 2.05) is 0 Å². The normalized spacial score (nSPS) is 10.3. The number of hydrogen-bond donors (Lipinski definition) is 2. The molecule has 0 aliphatic rings.